The molecule has 2 aromatic carbocycles. The van der Waals surface area contributed by atoms with Gasteiger partial charge >= 0.3 is 0 Å². The SMILES string of the molecule is COc1ccc(-n2c(C)nnc2SCC(=O)N2CCN(Cc3ccccc3)CC2)cc1. The van der Waals surface area contributed by atoms with Gasteiger partial charge in [0.05, 0.1) is 12.9 Å². The summed E-state index contributed by atoms with van der Waals surface area (Å²) < 4.78 is 7.20. The number of carbonyl (C=O) groups excluding carboxylic acids is 1. The van der Waals surface area contributed by atoms with Crippen LogP contribution in [0.1, 0.15) is 11.4 Å². The molecule has 1 aliphatic rings. The second-order valence-corrected chi connectivity index (χ2v) is 8.44. The Morgan fingerprint density at radius 1 is 1.00 bits per heavy atom. The van der Waals surface area contributed by atoms with Crippen LogP contribution in [-0.2, 0) is 11.3 Å². The lowest BCUT2D eigenvalue weighted by Gasteiger charge is -2.34. The smallest absolute Gasteiger partial charge is 0.233 e. The van der Waals surface area contributed by atoms with E-state index in [1.54, 1.807) is 7.11 Å². The molecule has 0 spiro atoms. The number of aromatic nitrogens is 3. The van der Waals surface area contributed by atoms with E-state index in [1.165, 1.54) is 17.3 Å². The number of nitrogens with zero attached hydrogens (tertiary/aromatic N) is 5. The highest BCUT2D eigenvalue weighted by atomic mass is 32.2. The van der Waals surface area contributed by atoms with Gasteiger partial charge in [-0.15, -0.1) is 10.2 Å². The van der Waals surface area contributed by atoms with Crippen molar-refractivity contribution in [1.82, 2.24) is 24.6 Å². The van der Waals surface area contributed by atoms with Crippen molar-refractivity contribution in [3.63, 3.8) is 0 Å². The minimum atomic E-state index is 0.145. The first-order valence-corrected chi connectivity index (χ1v) is 11.4. The standard InChI is InChI=1S/C23H27N5O2S/c1-18-24-25-23(28(18)20-8-10-21(30-2)11-9-20)31-17-22(29)27-14-12-26(13-15-27)16-19-6-4-3-5-7-19/h3-11H,12-17H2,1-2H3. The van der Waals surface area contributed by atoms with E-state index in [0.29, 0.717) is 5.75 Å². The number of carbonyl (C=O) groups is 1. The fourth-order valence-electron chi connectivity index (χ4n) is 3.68. The molecule has 1 fully saturated rings. The van der Waals surface area contributed by atoms with Gasteiger partial charge in [-0.2, -0.15) is 0 Å². The molecule has 8 heteroatoms. The Morgan fingerprint density at radius 3 is 2.39 bits per heavy atom. The summed E-state index contributed by atoms with van der Waals surface area (Å²) in [5, 5.41) is 9.20. The molecular weight excluding hydrogens is 410 g/mol. The highest BCUT2D eigenvalue weighted by molar-refractivity contribution is 7.99. The third kappa shape index (κ3) is 5.26. The third-order valence-electron chi connectivity index (χ3n) is 5.42. The summed E-state index contributed by atoms with van der Waals surface area (Å²) in [7, 11) is 1.65. The zero-order valence-electron chi connectivity index (χ0n) is 17.9. The van der Waals surface area contributed by atoms with Crippen LogP contribution in [0.25, 0.3) is 5.69 Å². The van der Waals surface area contributed by atoms with Crippen LogP contribution in [0.2, 0.25) is 0 Å². The number of hydrogen-bond donors (Lipinski definition) is 0. The Hall–Kier alpha value is -2.84. The van der Waals surface area contributed by atoms with Crippen molar-refractivity contribution in [2.75, 3.05) is 39.0 Å². The summed E-state index contributed by atoms with van der Waals surface area (Å²) in [5.74, 6) is 2.08. The lowest BCUT2D eigenvalue weighted by molar-refractivity contribution is -0.130. The van der Waals surface area contributed by atoms with Crippen LogP contribution in [0, 0.1) is 6.92 Å². The van der Waals surface area contributed by atoms with E-state index in [1.807, 2.05) is 46.7 Å². The van der Waals surface area contributed by atoms with Crippen molar-refractivity contribution in [2.45, 2.75) is 18.6 Å². The summed E-state index contributed by atoms with van der Waals surface area (Å²) in [4.78, 5) is 17.1. The lowest BCUT2D eigenvalue weighted by Crippen LogP contribution is -2.48. The van der Waals surface area contributed by atoms with Crippen LogP contribution in [0.4, 0.5) is 0 Å². The monoisotopic (exact) mass is 437 g/mol. The zero-order chi connectivity index (χ0) is 21.6. The Labute approximate surface area is 187 Å². The van der Waals surface area contributed by atoms with Gasteiger partial charge in [-0.3, -0.25) is 14.3 Å². The molecule has 0 saturated carbocycles. The molecule has 1 amide bonds. The van der Waals surface area contributed by atoms with E-state index in [2.05, 4.69) is 39.4 Å². The molecule has 0 atom stereocenters. The summed E-state index contributed by atoms with van der Waals surface area (Å²) in [6.45, 7) is 6.16. The van der Waals surface area contributed by atoms with Crippen LogP contribution in [0.15, 0.2) is 59.8 Å². The van der Waals surface area contributed by atoms with Gasteiger partial charge in [0.1, 0.15) is 11.6 Å². The van der Waals surface area contributed by atoms with Gasteiger partial charge in [0, 0.05) is 38.4 Å². The third-order valence-corrected chi connectivity index (χ3v) is 6.34. The van der Waals surface area contributed by atoms with Gasteiger partial charge in [0.25, 0.3) is 0 Å². The molecule has 4 rings (SSSR count). The highest BCUT2D eigenvalue weighted by Crippen LogP contribution is 2.24. The van der Waals surface area contributed by atoms with Crippen molar-refractivity contribution in [1.29, 1.82) is 0 Å². The van der Waals surface area contributed by atoms with Crippen LogP contribution >= 0.6 is 11.8 Å². The predicted molar refractivity (Wildman–Crippen MR) is 122 cm³/mol. The number of benzene rings is 2. The number of rotatable bonds is 7. The van der Waals surface area contributed by atoms with Gasteiger partial charge < -0.3 is 9.64 Å². The van der Waals surface area contributed by atoms with Crippen LogP contribution in [0.3, 0.4) is 0 Å². The average molecular weight is 438 g/mol. The number of thioether (sulfide) groups is 1. The molecule has 1 saturated heterocycles. The zero-order valence-corrected chi connectivity index (χ0v) is 18.7. The molecule has 0 bridgehead atoms. The molecular formula is C23H27N5O2S. The fraction of sp³-hybridized carbons (Fsp3) is 0.348. The Morgan fingerprint density at radius 2 is 1.71 bits per heavy atom. The molecule has 162 valence electrons. The average Bonchev–Trinajstić information content (AvgIpc) is 3.19. The molecule has 1 aliphatic heterocycles. The van der Waals surface area contributed by atoms with Gasteiger partial charge in [-0.1, -0.05) is 42.1 Å². The van der Waals surface area contributed by atoms with E-state index >= 15 is 0 Å². The number of methoxy groups -OCH3 is 1. The Balaban J connectivity index is 1.31. The predicted octanol–water partition coefficient (Wildman–Crippen LogP) is 3.02. The van der Waals surface area contributed by atoms with Crippen LogP contribution < -0.4 is 4.74 Å². The summed E-state index contributed by atoms with van der Waals surface area (Å²) in [6.07, 6.45) is 0. The largest absolute Gasteiger partial charge is 0.497 e. The molecule has 7 nitrogen and oxygen atoms in total. The lowest BCUT2D eigenvalue weighted by atomic mass is 10.2. The minimum absolute atomic E-state index is 0.145. The van der Waals surface area contributed by atoms with Crippen molar-refractivity contribution in [3.05, 3.63) is 66.0 Å². The van der Waals surface area contributed by atoms with Crippen LogP contribution in [-0.4, -0.2) is 69.5 Å². The number of hydrogen-bond acceptors (Lipinski definition) is 6. The number of ether oxygens (including phenoxy) is 1. The highest BCUT2D eigenvalue weighted by Gasteiger charge is 2.22. The van der Waals surface area contributed by atoms with Gasteiger partial charge in [0.2, 0.25) is 5.91 Å². The molecule has 2 heterocycles. The minimum Gasteiger partial charge on any atom is -0.497 e. The second kappa shape index (κ2) is 9.98. The van der Waals surface area contributed by atoms with Crippen LogP contribution in [0.5, 0.6) is 5.75 Å². The molecule has 1 aromatic heterocycles. The van der Waals surface area contributed by atoms with Crippen molar-refractivity contribution < 1.29 is 9.53 Å². The molecule has 3 aromatic rings. The van der Waals surface area contributed by atoms with E-state index < -0.39 is 0 Å². The fourth-order valence-corrected chi connectivity index (χ4v) is 4.58. The van der Waals surface area contributed by atoms with E-state index in [0.717, 1.165) is 55.1 Å². The maximum Gasteiger partial charge on any atom is 0.233 e. The molecule has 31 heavy (non-hydrogen) atoms. The quantitative estimate of drug-likeness (QED) is 0.530. The van der Waals surface area contributed by atoms with Crippen molar-refractivity contribution in [3.8, 4) is 11.4 Å². The van der Waals surface area contributed by atoms with Crippen molar-refractivity contribution >= 4 is 17.7 Å². The first-order chi connectivity index (χ1) is 15.1. The van der Waals surface area contributed by atoms with Crippen molar-refractivity contribution in [2.24, 2.45) is 0 Å². The normalized spacial score (nSPS) is 14.6. The maximum atomic E-state index is 12.8. The first kappa shape index (κ1) is 21.4. The summed E-state index contributed by atoms with van der Waals surface area (Å²) in [6, 6.07) is 18.2. The first-order valence-electron chi connectivity index (χ1n) is 10.4. The Bertz CT molecular complexity index is 999. The van der Waals surface area contributed by atoms with E-state index in [9.17, 15) is 4.79 Å². The Kier molecular flexibility index (Phi) is 6.89. The number of aryl methyl sites for hydroxylation is 1. The summed E-state index contributed by atoms with van der Waals surface area (Å²) in [5.41, 5.74) is 2.26. The second-order valence-electron chi connectivity index (χ2n) is 7.49. The maximum absolute atomic E-state index is 12.8. The van der Waals surface area contributed by atoms with Gasteiger partial charge in [-0.05, 0) is 36.8 Å². The van der Waals surface area contributed by atoms with Gasteiger partial charge in [-0.25, -0.2) is 0 Å². The molecule has 0 N–H and O–H groups in total. The number of amides is 1. The summed E-state index contributed by atoms with van der Waals surface area (Å²) >= 11 is 1.43. The van der Waals surface area contributed by atoms with E-state index in [4.69, 9.17) is 4.74 Å². The van der Waals surface area contributed by atoms with E-state index in [-0.39, 0.29) is 5.91 Å². The van der Waals surface area contributed by atoms with Gasteiger partial charge in [0.15, 0.2) is 5.16 Å². The molecule has 0 unspecified atom stereocenters. The number of piperazine rings is 1. The molecule has 0 radical (unpaired) electrons. The topological polar surface area (TPSA) is 63.5 Å². The molecule has 0 aliphatic carbocycles.